The SMILES string of the molecule is CCCCCCCC/C=C\CC#CCCCCC(=O)O. The van der Waals surface area contributed by atoms with Gasteiger partial charge >= 0.3 is 5.97 Å². The number of hydrogen-bond donors (Lipinski definition) is 1. The Labute approximate surface area is 124 Å². The first-order valence-electron chi connectivity index (χ1n) is 8.10. The standard InChI is InChI=1S/C18H30O2/c1-2-3-4-5-6-7-8-9-10-11-12-13-14-15-16-17-18(19)20/h9-10H,2-8,11,14-17H2,1H3,(H,19,20)/b10-9-. The summed E-state index contributed by atoms with van der Waals surface area (Å²) >= 11 is 0. The molecule has 0 aromatic heterocycles. The van der Waals surface area contributed by atoms with Gasteiger partial charge in [0.05, 0.1) is 0 Å². The van der Waals surface area contributed by atoms with Gasteiger partial charge in [-0.1, -0.05) is 57.1 Å². The van der Waals surface area contributed by atoms with Crippen LogP contribution in [0.2, 0.25) is 0 Å². The van der Waals surface area contributed by atoms with Crippen molar-refractivity contribution in [1.29, 1.82) is 0 Å². The molecule has 0 atom stereocenters. The second-order valence-electron chi connectivity index (χ2n) is 5.19. The van der Waals surface area contributed by atoms with E-state index in [1.54, 1.807) is 0 Å². The maximum atomic E-state index is 10.3. The lowest BCUT2D eigenvalue weighted by Crippen LogP contribution is -1.92. The molecule has 0 radical (unpaired) electrons. The van der Waals surface area contributed by atoms with Gasteiger partial charge in [-0.2, -0.15) is 0 Å². The van der Waals surface area contributed by atoms with E-state index in [4.69, 9.17) is 5.11 Å². The molecule has 0 aliphatic heterocycles. The van der Waals surface area contributed by atoms with E-state index in [-0.39, 0.29) is 6.42 Å². The van der Waals surface area contributed by atoms with Crippen LogP contribution in [-0.2, 0) is 4.79 Å². The minimum absolute atomic E-state index is 0.264. The van der Waals surface area contributed by atoms with Gasteiger partial charge in [-0.05, 0) is 25.7 Å². The minimum atomic E-state index is -0.712. The van der Waals surface area contributed by atoms with Crippen molar-refractivity contribution < 1.29 is 9.90 Å². The summed E-state index contributed by atoms with van der Waals surface area (Å²) in [5, 5.41) is 8.47. The molecule has 0 unspecified atom stereocenters. The van der Waals surface area contributed by atoms with E-state index in [9.17, 15) is 4.79 Å². The van der Waals surface area contributed by atoms with Crippen LogP contribution in [0.3, 0.4) is 0 Å². The van der Waals surface area contributed by atoms with Crippen molar-refractivity contribution in [2.45, 2.75) is 84.0 Å². The smallest absolute Gasteiger partial charge is 0.303 e. The molecule has 0 heterocycles. The molecule has 20 heavy (non-hydrogen) atoms. The Balaban J connectivity index is 3.25. The van der Waals surface area contributed by atoms with Crippen molar-refractivity contribution in [1.82, 2.24) is 0 Å². The molecule has 0 fully saturated rings. The molecule has 1 N–H and O–H groups in total. The zero-order valence-electron chi connectivity index (χ0n) is 13.0. The number of allylic oxidation sites excluding steroid dienone is 2. The highest BCUT2D eigenvalue weighted by Crippen LogP contribution is 2.07. The van der Waals surface area contributed by atoms with E-state index < -0.39 is 5.97 Å². The fourth-order valence-corrected chi connectivity index (χ4v) is 1.95. The van der Waals surface area contributed by atoms with Crippen molar-refractivity contribution in [3.8, 4) is 11.8 Å². The molecule has 0 bridgehead atoms. The maximum absolute atomic E-state index is 10.3. The lowest BCUT2D eigenvalue weighted by Gasteiger charge is -1.97. The van der Waals surface area contributed by atoms with Crippen LogP contribution >= 0.6 is 0 Å². The number of aliphatic carboxylic acids is 1. The topological polar surface area (TPSA) is 37.3 Å². The van der Waals surface area contributed by atoms with Crippen molar-refractivity contribution in [2.75, 3.05) is 0 Å². The van der Waals surface area contributed by atoms with Gasteiger partial charge in [0.25, 0.3) is 0 Å². The quantitative estimate of drug-likeness (QED) is 0.297. The average Bonchev–Trinajstić information content (AvgIpc) is 2.43. The molecular formula is C18H30O2. The summed E-state index contributed by atoms with van der Waals surface area (Å²) < 4.78 is 0. The van der Waals surface area contributed by atoms with Crippen LogP contribution in [0.5, 0.6) is 0 Å². The van der Waals surface area contributed by atoms with Crippen LogP contribution in [-0.4, -0.2) is 11.1 Å². The minimum Gasteiger partial charge on any atom is -0.481 e. The van der Waals surface area contributed by atoms with Crippen LogP contribution in [0.4, 0.5) is 0 Å². The third kappa shape index (κ3) is 16.8. The molecule has 0 aliphatic rings. The Bertz CT molecular complexity index is 307. The summed E-state index contributed by atoms with van der Waals surface area (Å²) in [6.45, 7) is 2.25. The predicted octanol–water partition coefficient (Wildman–Crippen LogP) is 5.33. The van der Waals surface area contributed by atoms with Crippen LogP contribution in [0, 0.1) is 11.8 Å². The highest BCUT2D eigenvalue weighted by atomic mass is 16.4. The Morgan fingerprint density at radius 2 is 1.70 bits per heavy atom. The number of rotatable bonds is 12. The molecule has 0 spiro atoms. The van der Waals surface area contributed by atoms with E-state index in [1.165, 1.54) is 44.9 Å². The third-order valence-electron chi connectivity index (χ3n) is 3.18. The van der Waals surface area contributed by atoms with Gasteiger partial charge in [0.15, 0.2) is 0 Å². The second-order valence-corrected chi connectivity index (χ2v) is 5.19. The van der Waals surface area contributed by atoms with Crippen LogP contribution in [0.15, 0.2) is 12.2 Å². The monoisotopic (exact) mass is 278 g/mol. The fourth-order valence-electron chi connectivity index (χ4n) is 1.95. The lowest BCUT2D eigenvalue weighted by molar-refractivity contribution is -0.137. The third-order valence-corrected chi connectivity index (χ3v) is 3.18. The van der Waals surface area contributed by atoms with Gasteiger partial charge in [-0.25, -0.2) is 0 Å². The summed E-state index contributed by atoms with van der Waals surface area (Å²) in [6.07, 6.45) is 17.2. The summed E-state index contributed by atoms with van der Waals surface area (Å²) in [5.41, 5.74) is 0. The number of unbranched alkanes of at least 4 members (excludes halogenated alkanes) is 8. The first-order chi connectivity index (χ1) is 9.77. The molecule has 2 nitrogen and oxygen atoms in total. The van der Waals surface area contributed by atoms with Gasteiger partial charge < -0.3 is 5.11 Å². The largest absolute Gasteiger partial charge is 0.481 e. The summed E-state index contributed by atoms with van der Waals surface area (Å²) in [5.74, 6) is 5.49. The molecule has 0 aromatic carbocycles. The molecule has 2 heteroatoms. The maximum Gasteiger partial charge on any atom is 0.303 e. The van der Waals surface area contributed by atoms with E-state index in [0.29, 0.717) is 0 Å². The van der Waals surface area contributed by atoms with Gasteiger partial charge in [0.1, 0.15) is 0 Å². The fraction of sp³-hybridized carbons (Fsp3) is 0.722. The Hall–Kier alpha value is -1.23. The number of carboxylic acid groups (broad SMARTS) is 1. The van der Waals surface area contributed by atoms with Crippen molar-refractivity contribution >= 4 is 5.97 Å². The second kappa shape index (κ2) is 15.8. The Kier molecular flexibility index (Phi) is 14.9. The molecule has 0 amide bonds. The number of hydrogen-bond acceptors (Lipinski definition) is 1. The van der Waals surface area contributed by atoms with E-state index in [2.05, 4.69) is 30.9 Å². The van der Waals surface area contributed by atoms with Crippen LogP contribution < -0.4 is 0 Å². The molecule has 0 saturated carbocycles. The zero-order valence-corrected chi connectivity index (χ0v) is 13.0. The first kappa shape index (κ1) is 18.8. The predicted molar refractivity (Wildman–Crippen MR) is 85.6 cm³/mol. The van der Waals surface area contributed by atoms with Crippen molar-refractivity contribution in [3.63, 3.8) is 0 Å². The Morgan fingerprint density at radius 1 is 0.950 bits per heavy atom. The van der Waals surface area contributed by atoms with Crippen molar-refractivity contribution in [2.24, 2.45) is 0 Å². The highest BCUT2D eigenvalue weighted by Gasteiger charge is 1.93. The molecule has 0 rings (SSSR count). The van der Waals surface area contributed by atoms with Crippen LogP contribution in [0.1, 0.15) is 84.0 Å². The molecule has 0 aromatic rings. The van der Waals surface area contributed by atoms with Gasteiger partial charge in [0, 0.05) is 19.3 Å². The van der Waals surface area contributed by atoms with Crippen molar-refractivity contribution in [3.05, 3.63) is 12.2 Å². The average molecular weight is 278 g/mol. The van der Waals surface area contributed by atoms with E-state index in [1.807, 2.05) is 0 Å². The summed E-state index contributed by atoms with van der Waals surface area (Å²) in [6, 6.07) is 0. The first-order valence-corrected chi connectivity index (χ1v) is 8.10. The van der Waals surface area contributed by atoms with Gasteiger partial charge in [-0.15, -0.1) is 5.92 Å². The molecule has 114 valence electrons. The summed E-state index contributed by atoms with van der Waals surface area (Å²) in [4.78, 5) is 10.3. The highest BCUT2D eigenvalue weighted by molar-refractivity contribution is 5.66. The number of carbonyl (C=O) groups is 1. The lowest BCUT2D eigenvalue weighted by atomic mass is 10.1. The van der Waals surface area contributed by atoms with Crippen LogP contribution in [0.25, 0.3) is 0 Å². The Morgan fingerprint density at radius 3 is 2.45 bits per heavy atom. The molecule has 0 saturated heterocycles. The summed E-state index contributed by atoms with van der Waals surface area (Å²) in [7, 11) is 0. The van der Waals surface area contributed by atoms with Gasteiger partial charge in [0.2, 0.25) is 0 Å². The van der Waals surface area contributed by atoms with Gasteiger partial charge in [-0.3, -0.25) is 4.79 Å². The number of carboxylic acids is 1. The van der Waals surface area contributed by atoms with E-state index in [0.717, 1.165) is 25.7 Å². The van der Waals surface area contributed by atoms with E-state index >= 15 is 0 Å². The molecule has 0 aliphatic carbocycles. The molecular weight excluding hydrogens is 248 g/mol. The zero-order chi connectivity index (χ0) is 14.9. The normalized spacial score (nSPS) is 10.4.